The Morgan fingerprint density at radius 3 is 2.16 bits per heavy atom. The van der Waals surface area contributed by atoms with Gasteiger partial charge in [0.05, 0.1) is 6.07 Å². The van der Waals surface area contributed by atoms with Gasteiger partial charge in [0.1, 0.15) is 30.0 Å². The van der Waals surface area contributed by atoms with Gasteiger partial charge in [0, 0.05) is 5.69 Å². The maximum Gasteiger partial charge on any atom is 0.408 e. The van der Waals surface area contributed by atoms with Crippen LogP contribution in [0.3, 0.4) is 0 Å². The van der Waals surface area contributed by atoms with Crippen LogP contribution in [0.4, 0.5) is 10.5 Å². The molecule has 0 heterocycles. The quantitative estimate of drug-likeness (QED) is 0.423. The molecule has 2 atom stereocenters. The second-order valence-electron chi connectivity index (χ2n) is 10.7. The van der Waals surface area contributed by atoms with Crippen molar-refractivity contribution in [1.29, 1.82) is 5.26 Å². The number of nitrogens with zero attached hydrogens (tertiary/aromatic N) is 2. The first-order valence-corrected chi connectivity index (χ1v) is 12.5. The van der Waals surface area contributed by atoms with Crippen molar-refractivity contribution in [3.63, 3.8) is 0 Å². The number of ether oxygens (including phenoxy) is 1. The second-order valence-corrected chi connectivity index (χ2v) is 10.7. The second kappa shape index (κ2) is 12.5. The predicted molar refractivity (Wildman–Crippen MR) is 145 cm³/mol. The molecule has 2 rings (SSSR count). The van der Waals surface area contributed by atoms with Crippen LogP contribution in [0.5, 0.6) is 5.75 Å². The van der Waals surface area contributed by atoms with E-state index in [9.17, 15) is 24.8 Å². The Morgan fingerprint density at radius 1 is 1.05 bits per heavy atom. The van der Waals surface area contributed by atoms with Gasteiger partial charge in [0.25, 0.3) is 5.91 Å². The number of aromatic hydroxyl groups is 1. The van der Waals surface area contributed by atoms with Gasteiger partial charge in [0.2, 0.25) is 5.91 Å². The molecule has 0 aromatic heterocycles. The summed E-state index contributed by atoms with van der Waals surface area (Å²) in [6.45, 7) is 13.6. The van der Waals surface area contributed by atoms with E-state index >= 15 is 0 Å². The van der Waals surface area contributed by atoms with Crippen molar-refractivity contribution in [1.82, 2.24) is 10.2 Å². The molecule has 9 nitrogen and oxygen atoms in total. The lowest BCUT2D eigenvalue weighted by Gasteiger charge is -2.34. The summed E-state index contributed by atoms with van der Waals surface area (Å²) < 4.78 is 5.34. The lowest BCUT2D eigenvalue weighted by molar-refractivity contribution is -0.140. The number of anilines is 1. The van der Waals surface area contributed by atoms with Crippen LogP contribution in [0.25, 0.3) is 0 Å². The van der Waals surface area contributed by atoms with E-state index in [1.807, 2.05) is 38.1 Å². The number of carbonyl (C=O) groups is 3. The number of para-hydroxylation sites is 1. The first-order chi connectivity index (χ1) is 17.7. The summed E-state index contributed by atoms with van der Waals surface area (Å²) in [6.07, 6.45) is -0.779. The number of carbonyl (C=O) groups excluding carboxylic acids is 3. The van der Waals surface area contributed by atoms with Crippen LogP contribution in [0.15, 0.2) is 36.4 Å². The van der Waals surface area contributed by atoms with E-state index in [1.165, 1.54) is 6.07 Å². The normalized spacial score (nSPS) is 12.7. The van der Waals surface area contributed by atoms with E-state index < -0.39 is 42.1 Å². The SMILES string of the molecule is Cc1cc(C(C(=O)Nc2c(C)cccc2C)N(CC#N)C(=O)C(NC(=O)OC(C)(C)C)C(C)C)ccc1O. The first-order valence-electron chi connectivity index (χ1n) is 12.5. The maximum absolute atomic E-state index is 13.9. The lowest BCUT2D eigenvalue weighted by Crippen LogP contribution is -2.54. The van der Waals surface area contributed by atoms with Crippen LogP contribution >= 0.6 is 0 Å². The zero-order valence-corrected chi connectivity index (χ0v) is 23.4. The summed E-state index contributed by atoms with van der Waals surface area (Å²) in [4.78, 5) is 41.5. The van der Waals surface area contributed by atoms with E-state index in [-0.39, 0.29) is 11.7 Å². The van der Waals surface area contributed by atoms with Crippen molar-refractivity contribution in [2.24, 2.45) is 5.92 Å². The van der Waals surface area contributed by atoms with Gasteiger partial charge in [0.15, 0.2) is 0 Å². The molecular formula is C29H38N4O5. The summed E-state index contributed by atoms with van der Waals surface area (Å²) in [7, 11) is 0. The molecule has 38 heavy (non-hydrogen) atoms. The summed E-state index contributed by atoms with van der Waals surface area (Å²) in [5.74, 6) is -1.48. The number of hydrogen-bond donors (Lipinski definition) is 3. The van der Waals surface area contributed by atoms with Crippen molar-refractivity contribution in [2.45, 2.75) is 73.1 Å². The monoisotopic (exact) mass is 522 g/mol. The highest BCUT2D eigenvalue weighted by molar-refractivity contribution is 6.00. The number of nitrogens with one attached hydrogen (secondary N) is 2. The van der Waals surface area contributed by atoms with Gasteiger partial charge in [-0.05, 0) is 81.8 Å². The van der Waals surface area contributed by atoms with Crippen molar-refractivity contribution in [2.75, 3.05) is 11.9 Å². The molecule has 0 saturated heterocycles. The standard InChI is InChI=1S/C29H38N4O5/c1-17(2)23(32-28(37)38-29(6,7)8)27(36)33(15-14-30)25(21-12-13-22(34)20(5)16-21)26(35)31-24-18(3)10-9-11-19(24)4/h9-13,16-17,23,25,34H,15H2,1-8H3,(H,31,35)(H,32,37). The zero-order chi connectivity index (χ0) is 28.8. The van der Waals surface area contributed by atoms with E-state index in [0.29, 0.717) is 16.8 Å². The Labute approximate surface area is 224 Å². The highest BCUT2D eigenvalue weighted by atomic mass is 16.6. The third-order valence-electron chi connectivity index (χ3n) is 5.96. The topological polar surface area (TPSA) is 132 Å². The molecule has 0 spiro atoms. The summed E-state index contributed by atoms with van der Waals surface area (Å²) in [5.41, 5.74) is 2.41. The Bertz CT molecular complexity index is 1210. The van der Waals surface area contributed by atoms with Gasteiger partial charge >= 0.3 is 6.09 Å². The number of phenols is 1. The van der Waals surface area contributed by atoms with Crippen molar-refractivity contribution < 1.29 is 24.2 Å². The van der Waals surface area contributed by atoms with Crippen molar-refractivity contribution in [3.8, 4) is 11.8 Å². The Morgan fingerprint density at radius 2 is 1.66 bits per heavy atom. The number of benzene rings is 2. The molecule has 0 saturated carbocycles. The molecule has 3 amide bonds. The van der Waals surface area contributed by atoms with Gasteiger partial charge in [-0.15, -0.1) is 0 Å². The minimum atomic E-state index is -1.22. The smallest absolute Gasteiger partial charge is 0.408 e. The van der Waals surface area contributed by atoms with Crippen LogP contribution in [0.2, 0.25) is 0 Å². The molecule has 3 N–H and O–H groups in total. The zero-order valence-electron chi connectivity index (χ0n) is 23.4. The van der Waals surface area contributed by atoms with Gasteiger partial charge in [-0.25, -0.2) is 4.79 Å². The van der Waals surface area contributed by atoms with Crippen LogP contribution < -0.4 is 10.6 Å². The molecule has 2 aromatic carbocycles. The molecule has 0 aliphatic carbocycles. The average molecular weight is 523 g/mol. The fourth-order valence-electron chi connectivity index (χ4n) is 4.02. The molecule has 0 aliphatic rings. The van der Waals surface area contributed by atoms with Crippen LogP contribution in [0.1, 0.15) is 62.9 Å². The number of alkyl carbamates (subject to hydrolysis) is 1. The summed E-state index contributed by atoms with van der Waals surface area (Å²) in [6, 6.07) is 9.89. The van der Waals surface area contributed by atoms with Crippen molar-refractivity contribution in [3.05, 3.63) is 58.7 Å². The molecule has 0 bridgehead atoms. The van der Waals surface area contributed by atoms with Crippen LogP contribution in [0, 0.1) is 38.0 Å². The average Bonchev–Trinajstić information content (AvgIpc) is 2.80. The molecule has 9 heteroatoms. The number of aryl methyl sites for hydroxylation is 3. The molecule has 204 valence electrons. The van der Waals surface area contributed by atoms with Gasteiger partial charge in [-0.2, -0.15) is 5.26 Å². The van der Waals surface area contributed by atoms with E-state index in [2.05, 4.69) is 10.6 Å². The summed E-state index contributed by atoms with van der Waals surface area (Å²) in [5, 5.41) is 25.3. The number of rotatable bonds is 8. The highest BCUT2D eigenvalue weighted by Crippen LogP contribution is 2.30. The molecule has 0 aliphatic heterocycles. The van der Waals surface area contributed by atoms with E-state index in [1.54, 1.807) is 53.7 Å². The highest BCUT2D eigenvalue weighted by Gasteiger charge is 2.38. The number of nitriles is 1. The third-order valence-corrected chi connectivity index (χ3v) is 5.96. The summed E-state index contributed by atoms with van der Waals surface area (Å²) >= 11 is 0. The fraction of sp³-hybridized carbons (Fsp3) is 0.448. The van der Waals surface area contributed by atoms with Gasteiger partial charge in [-0.1, -0.05) is 38.1 Å². The van der Waals surface area contributed by atoms with Crippen LogP contribution in [-0.4, -0.2) is 46.1 Å². The fourth-order valence-corrected chi connectivity index (χ4v) is 4.02. The lowest BCUT2D eigenvalue weighted by atomic mass is 9.97. The van der Waals surface area contributed by atoms with Gasteiger partial charge < -0.3 is 25.4 Å². The molecular weight excluding hydrogens is 484 g/mol. The van der Waals surface area contributed by atoms with Crippen molar-refractivity contribution >= 4 is 23.6 Å². The number of phenolic OH excluding ortho intramolecular Hbond substituents is 1. The largest absolute Gasteiger partial charge is 0.508 e. The minimum absolute atomic E-state index is 0.0347. The Kier molecular flexibility index (Phi) is 9.89. The number of hydrogen-bond acceptors (Lipinski definition) is 6. The molecule has 0 fully saturated rings. The van der Waals surface area contributed by atoms with Gasteiger partial charge in [-0.3, -0.25) is 9.59 Å². The first kappa shape index (κ1) is 30.2. The Balaban J connectivity index is 2.58. The van der Waals surface area contributed by atoms with E-state index in [0.717, 1.165) is 16.0 Å². The molecule has 2 unspecified atom stereocenters. The maximum atomic E-state index is 13.9. The molecule has 0 radical (unpaired) electrons. The molecule has 2 aromatic rings. The Hall–Kier alpha value is -4.06. The van der Waals surface area contributed by atoms with Crippen LogP contribution in [-0.2, 0) is 14.3 Å². The predicted octanol–water partition coefficient (Wildman–Crippen LogP) is 4.90. The minimum Gasteiger partial charge on any atom is -0.508 e. The van der Waals surface area contributed by atoms with E-state index in [4.69, 9.17) is 4.74 Å². The third kappa shape index (κ3) is 7.72. The number of amides is 3.